The molecule has 0 radical (unpaired) electrons. The summed E-state index contributed by atoms with van der Waals surface area (Å²) in [7, 11) is -10.5. The Balaban J connectivity index is -0.000000140. The predicted octanol–water partition coefficient (Wildman–Crippen LogP) is 1.92. The first-order chi connectivity index (χ1) is 5.28. The molecule has 0 rings (SSSR count). The van der Waals surface area contributed by atoms with Gasteiger partial charge in [0.1, 0.15) is 0 Å². The topological polar surface area (TPSA) is 68.3 Å². The Morgan fingerprint density at radius 3 is 0.846 bits per heavy atom. The van der Waals surface area contributed by atoms with Crippen LogP contribution in [0.3, 0.4) is 0 Å². The molecule has 4 nitrogen and oxygen atoms in total. The smallest absolute Gasteiger partial charge is 0.186 e. The molecule has 0 aromatic carbocycles. The van der Waals surface area contributed by atoms with Gasteiger partial charge in [-0.15, -0.1) is 0 Å². The van der Waals surface area contributed by atoms with Crippen LogP contribution in [-0.2, 0) is 21.2 Å². The first-order valence-electron chi connectivity index (χ1n) is 1.67. The number of hydrogen-bond acceptors (Lipinski definition) is 4. The van der Waals surface area contributed by atoms with Gasteiger partial charge in [0.15, 0.2) is 0 Å². The molecule has 0 aliphatic heterocycles. The van der Waals surface area contributed by atoms with E-state index in [0.717, 1.165) is 0 Å². The van der Waals surface area contributed by atoms with E-state index in [1.54, 1.807) is 0 Å². The summed E-state index contributed by atoms with van der Waals surface area (Å²) < 4.78 is 75.7. The monoisotopic (exact) mass is 254 g/mol. The molecule has 0 unspecified atom stereocenters. The highest BCUT2D eigenvalue weighted by atomic mass is 32.5. The van der Waals surface area contributed by atoms with E-state index in [1.807, 2.05) is 0 Å². The van der Waals surface area contributed by atoms with Crippen LogP contribution in [0.1, 0.15) is 0 Å². The van der Waals surface area contributed by atoms with E-state index in [9.17, 15) is 23.3 Å². The van der Waals surface area contributed by atoms with Crippen LogP contribution in [0.2, 0.25) is 0 Å². The molecule has 0 N–H and O–H groups in total. The fourth-order valence-electron chi connectivity index (χ4n) is 0. The van der Waals surface area contributed by atoms with E-state index in [2.05, 4.69) is 0 Å². The second-order valence-corrected chi connectivity index (χ2v) is 2.91. The van der Waals surface area contributed by atoms with Crippen LogP contribution in [0.4, 0.5) is 23.3 Å². The standard InChI is InChI=1S/CO2.F6S.O2S/c2-1-3;1-7(2,3,4,5)6;1-3-2. The minimum atomic E-state index is -10.5. The maximum absolute atomic E-state index is 10.5. The fourth-order valence-corrected chi connectivity index (χ4v) is 0. The highest BCUT2D eigenvalue weighted by molar-refractivity contribution is 8.41. The van der Waals surface area contributed by atoms with Crippen LogP contribution in [-0.4, -0.2) is 14.6 Å². The first-order valence-corrected chi connectivity index (χ1v) is 4.19. The molecular formula is CF6O4S2. The van der Waals surface area contributed by atoms with Gasteiger partial charge in [-0.2, -0.15) is 18.0 Å². The summed E-state index contributed by atoms with van der Waals surface area (Å²) in [5.74, 6) is 0. The van der Waals surface area contributed by atoms with E-state index in [-0.39, 0.29) is 6.15 Å². The van der Waals surface area contributed by atoms with Crippen LogP contribution in [0.15, 0.2) is 0 Å². The lowest BCUT2D eigenvalue weighted by molar-refractivity contribution is -0.191. The molecule has 0 saturated heterocycles. The minimum absolute atomic E-state index is 0.250. The SMILES string of the molecule is FS(F)(F)(F)(F)F.O=C=O.O=S=O. The van der Waals surface area contributed by atoms with Gasteiger partial charge in [-0.1, -0.05) is 23.3 Å². The lowest BCUT2D eigenvalue weighted by Gasteiger charge is -2.28. The maximum atomic E-state index is 9.85. The van der Waals surface area contributed by atoms with E-state index >= 15 is 0 Å². The van der Waals surface area contributed by atoms with Crippen molar-refractivity contribution in [2.75, 3.05) is 0 Å². The van der Waals surface area contributed by atoms with Crippen LogP contribution >= 0.6 is 10.6 Å². The van der Waals surface area contributed by atoms with E-state index in [4.69, 9.17) is 18.0 Å². The van der Waals surface area contributed by atoms with E-state index < -0.39 is 22.2 Å². The van der Waals surface area contributed by atoms with E-state index in [1.165, 1.54) is 0 Å². The third-order valence-corrected chi connectivity index (χ3v) is 0. The van der Waals surface area contributed by atoms with E-state index in [0.29, 0.717) is 0 Å². The van der Waals surface area contributed by atoms with Crippen molar-refractivity contribution in [2.24, 2.45) is 0 Å². The van der Waals surface area contributed by atoms with Gasteiger partial charge in [-0.05, 0) is 0 Å². The number of rotatable bonds is 0. The summed E-state index contributed by atoms with van der Waals surface area (Å²) in [6.07, 6.45) is 0.250. The molecule has 0 saturated carbocycles. The van der Waals surface area contributed by atoms with Crippen LogP contribution in [0, 0.1) is 0 Å². The van der Waals surface area contributed by atoms with Crippen molar-refractivity contribution in [2.45, 2.75) is 0 Å². The molecule has 13 heavy (non-hydrogen) atoms. The van der Waals surface area contributed by atoms with Crippen molar-refractivity contribution in [1.29, 1.82) is 0 Å². The Hall–Kier alpha value is -0.870. The Morgan fingerprint density at radius 1 is 0.846 bits per heavy atom. The van der Waals surface area contributed by atoms with Gasteiger partial charge in [0.05, 0.1) is 0 Å². The van der Waals surface area contributed by atoms with Crippen molar-refractivity contribution in [3.8, 4) is 0 Å². The zero-order valence-corrected chi connectivity index (χ0v) is 6.85. The van der Waals surface area contributed by atoms with Gasteiger partial charge in [0.2, 0.25) is 0 Å². The first kappa shape index (κ1) is 18.0. The van der Waals surface area contributed by atoms with Gasteiger partial charge in [0, 0.05) is 0 Å². The molecule has 0 aliphatic carbocycles. The average Bonchev–Trinajstić information content (AvgIpc) is 1.57. The quantitative estimate of drug-likeness (QED) is 0.619. The zero-order chi connectivity index (χ0) is 11.8. The molecule has 0 aliphatic rings. The number of carbonyl (C=O) groups excluding carboxylic acids is 2. The molecule has 12 heteroatoms. The summed E-state index contributed by atoms with van der Waals surface area (Å²) in [4.78, 5) is 16.2. The summed E-state index contributed by atoms with van der Waals surface area (Å²) in [5, 5.41) is 0. The Kier molecular flexibility index (Phi) is 6.09. The lowest BCUT2D eigenvalue weighted by Crippen LogP contribution is -1.92. The van der Waals surface area contributed by atoms with Gasteiger partial charge in [-0.25, -0.2) is 0 Å². The average molecular weight is 254 g/mol. The van der Waals surface area contributed by atoms with Crippen LogP contribution < -0.4 is 0 Å². The van der Waals surface area contributed by atoms with Gasteiger partial charge >= 0.3 is 28.3 Å². The maximum Gasteiger partial charge on any atom is 0.431 e. The molecule has 0 spiro atoms. The molecule has 0 aromatic heterocycles. The summed E-state index contributed by atoms with van der Waals surface area (Å²) >= 11 is -0.750. The molecule has 0 atom stereocenters. The Bertz CT molecular complexity index is 189. The number of halogens is 6. The lowest BCUT2D eigenvalue weighted by atomic mass is 11.8. The molecule has 0 fully saturated rings. The molecule has 82 valence electrons. The molecule has 0 aromatic rings. The van der Waals surface area contributed by atoms with Crippen LogP contribution in [0.5, 0.6) is 0 Å². The van der Waals surface area contributed by atoms with Crippen molar-refractivity contribution < 1.29 is 41.3 Å². The Labute approximate surface area is 70.5 Å². The third-order valence-electron chi connectivity index (χ3n) is 0. The number of hydrogen-bond donors (Lipinski definition) is 0. The molecular weight excluding hydrogens is 254 g/mol. The van der Waals surface area contributed by atoms with Crippen molar-refractivity contribution >= 4 is 28.3 Å². The van der Waals surface area contributed by atoms with Crippen molar-refractivity contribution in [3.63, 3.8) is 0 Å². The van der Waals surface area contributed by atoms with Gasteiger partial charge < -0.3 is 0 Å². The van der Waals surface area contributed by atoms with Crippen LogP contribution in [0.25, 0.3) is 0 Å². The Morgan fingerprint density at radius 2 is 0.846 bits per heavy atom. The largest absolute Gasteiger partial charge is 0.431 e. The minimum Gasteiger partial charge on any atom is -0.186 e. The summed E-state index contributed by atoms with van der Waals surface area (Å²) in [6.45, 7) is 0. The van der Waals surface area contributed by atoms with Gasteiger partial charge in [0.25, 0.3) is 0 Å². The predicted molar refractivity (Wildman–Crippen MR) is 28.2 cm³/mol. The molecule has 0 bridgehead atoms. The summed E-state index contributed by atoms with van der Waals surface area (Å²) in [6, 6.07) is 0. The normalized spacial score (nSPS) is 14.0. The second-order valence-electron chi connectivity index (χ2n) is 1.03. The summed E-state index contributed by atoms with van der Waals surface area (Å²) in [5.41, 5.74) is 0. The van der Waals surface area contributed by atoms with Crippen molar-refractivity contribution in [3.05, 3.63) is 0 Å². The van der Waals surface area contributed by atoms with Crippen molar-refractivity contribution in [1.82, 2.24) is 0 Å². The zero-order valence-electron chi connectivity index (χ0n) is 5.22. The molecule has 0 amide bonds. The highest BCUT2D eigenvalue weighted by Gasteiger charge is 2.64. The molecule has 0 heterocycles. The highest BCUT2D eigenvalue weighted by Crippen LogP contribution is 2.99. The third kappa shape index (κ3) is 1230. The van der Waals surface area contributed by atoms with Gasteiger partial charge in [-0.3, -0.25) is 0 Å². The second kappa shape index (κ2) is 4.39. The fraction of sp³-hybridized carbons (Fsp3) is 0.